The van der Waals surface area contributed by atoms with Gasteiger partial charge in [0.1, 0.15) is 5.75 Å². The Morgan fingerprint density at radius 3 is 2.81 bits per heavy atom. The number of alkyl halides is 2. The fourth-order valence-corrected chi connectivity index (χ4v) is 3.65. The number of benzene rings is 2. The fraction of sp³-hybridized carbons (Fsp3) is 0.222. The third-order valence-electron chi connectivity index (χ3n) is 3.56. The van der Waals surface area contributed by atoms with Gasteiger partial charge in [-0.3, -0.25) is 4.79 Å². The van der Waals surface area contributed by atoms with Gasteiger partial charge in [0.25, 0.3) is 0 Å². The van der Waals surface area contributed by atoms with E-state index < -0.39 is 6.61 Å². The smallest absolute Gasteiger partial charge is 0.387 e. The van der Waals surface area contributed by atoms with Crippen LogP contribution in [0, 0.1) is 0 Å². The number of rotatable bonds is 7. The third kappa shape index (κ3) is 4.89. The highest BCUT2D eigenvalue weighted by molar-refractivity contribution is 7.18. The summed E-state index contributed by atoms with van der Waals surface area (Å²) in [5.41, 5.74) is 1.40. The molecule has 0 radical (unpaired) electrons. The Kier molecular flexibility index (Phi) is 6.00. The van der Waals surface area contributed by atoms with Gasteiger partial charge in [0.2, 0.25) is 5.91 Å². The predicted octanol–water partition coefficient (Wildman–Crippen LogP) is 5.51. The maximum Gasteiger partial charge on any atom is 0.387 e. The monoisotopic (exact) mass is 396 g/mol. The molecule has 0 aliphatic rings. The van der Waals surface area contributed by atoms with Gasteiger partial charge in [-0.15, -0.1) is 11.3 Å². The number of anilines is 1. The van der Waals surface area contributed by atoms with Crippen molar-refractivity contribution in [2.75, 3.05) is 5.32 Å². The molecule has 1 N–H and O–H groups in total. The normalized spacial score (nSPS) is 11.1. The molecule has 1 heterocycles. The minimum absolute atomic E-state index is 0.0116. The Labute approximate surface area is 157 Å². The number of hydrogen-bond acceptors (Lipinski definition) is 4. The van der Waals surface area contributed by atoms with Crippen molar-refractivity contribution >= 4 is 44.7 Å². The second kappa shape index (κ2) is 8.42. The number of hydrogen-bond donors (Lipinski definition) is 1. The summed E-state index contributed by atoms with van der Waals surface area (Å²) in [5, 5.41) is 3.70. The van der Waals surface area contributed by atoms with Crippen molar-refractivity contribution in [3.8, 4) is 5.75 Å². The van der Waals surface area contributed by atoms with Gasteiger partial charge in [0.15, 0.2) is 0 Å². The lowest BCUT2D eigenvalue weighted by Crippen LogP contribution is -2.11. The molecule has 0 aliphatic heterocycles. The third-order valence-corrected chi connectivity index (χ3v) is 4.96. The van der Waals surface area contributed by atoms with E-state index in [9.17, 15) is 13.6 Å². The molecule has 2 aromatic carbocycles. The topological polar surface area (TPSA) is 51.2 Å². The number of amides is 1. The van der Waals surface area contributed by atoms with Crippen LogP contribution in [0.1, 0.15) is 17.8 Å². The first-order chi connectivity index (χ1) is 12.5. The number of ether oxygens (including phenoxy) is 1. The molecule has 1 aromatic heterocycles. The quantitative estimate of drug-likeness (QED) is 0.572. The highest BCUT2D eigenvalue weighted by Gasteiger charge is 2.11. The molecule has 0 aliphatic carbocycles. The standard InChI is InChI=1S/C18H15ClF2N2O2S/c19-12-10-11(8-9-14(12)25-18(20)21)22-16(24)6-3-7-17-23-13-4-1-2-5-15(13)26-17/h1-2,4-5,8-10,18H,3,6-7H2,(H,22,24). The Morgan fingerprint density at radius 1 is 1.27 bits per heavy atom. The molecule has 0 atom stereocenters. The van der Waals surface area contributed by atoms with Crippen molar-refractivity contribution in [1.29, 1.82) is 0 Å². The number of thiazole rings is 1. The predicted molar refractivity (Wildman–Crippen MR) is 99.3 cm³/mol. The number of aryl methyl sites for hydroxylation is 1. The number of nitrogens with zero attached hydrogens (tertiary/aromatic N) is 1. The second-order valence-corrected chi connectivity index (χ2v) is 7.02. The molecule has 0 unspecified atom stereocenters. The van der Waals surface area contributed by atoms with Crippen LogP contribution in [0.4, 0.5) is 14.5 Å². The van der Waals surface area contributed by atoms with E-state index >= 15 is 0 Å². The minimum atomic E-state index is -2.95. The molecule has 8 heteroatoms. The SMILES string of the molecule is O=C(CCCc1nc2ccccc2s1)Nc1ccc(OC(F)F)c(Cl)c1. The fourth-order valence-electron chi connectivity index (χ4n) is 2.42. The molecule has 1 amide bonds. The van der Waals surface area contributed by atoms with Crippen molar-refractivity contribution in [1.82, 2.24) is 4.98 Å². The minimum Gasteiger partial charge on any atom is -0.433 e. The number of carbonyl (C=O) groups excluding carboxylic acids is 1. The Morgan fingerprint density at radius 2 is 2.08 bits per heavy atom. The number of halogens is 3. The summed E-state index contributed by atoms with van der Waals surface area (Å²) in [6.45, 7) is -2.95. The maximum atomic E-state index is 12.2. The number of para-hydroxylation sites is 1. The van der Waals surface area contributed by atoms with Crippen molar-refractivity contribution in [3.05, 3.63) is 52.5 Å². The van der Waals surface area contributed by atoms with Crippen molar-refractivity contribution in [2.45, 2.75) is 25.9 Å². The summed E-state index contributed by atoms with van der Waals surface area (Å²) in [6.07, 6.45) is 1.70. The molecular formula is C18H15ClF2N2O2S. The zero-order chi connectivity index (χ0) is 18.5. The molecule has 3 aromatic rings. The molecular weight excluding hydrogens is 382 g/mol. The van der Waals surface area contributed by atoms with Gasteiger partial charge in [-0.25, -0.2) is 4.98 Å². The first kappa shape index (κ1) is 18.5. The van der Waals surface area contributed by atoms with Gasteiger partial charge in [-0.2, -0.15) is 8.78 Å². The van der Waals surface area contributed by atoms with Gasteiger partial charge in [0.05, 0.1) is 20.2 Å². The van der Waals surface area contributed by atoms with Crippen LogP contribution in [0.3, 0.4) is 0 Å². The lowest BCUT2D eigenvalue weighted by molar-refractivity contribution is -0.116. The zero-order valence-electron chi connectivity index (χ0n) is 13.5. The van der Waals surface area contributed by atoms with E-state index in [2.05, 4.69) is 15.0 Å². The van der Waals surface area contributed by atoms with E-state index in [1.807, 2.05) is 24.3 Å². The summed E-state index contributed by atoms with van der Waals surface area (Å²) in [6, 6.07) is 12.1. The van der Waals surface area contributed by atoms with Gasteiger partial charge < -0.3 is 10.1 Å². The number of carbonyl (C=O) groups is 1. The van der Waals surface area contributed by atoms with Crippen molar-refractivity contribution in [3.63, 3.8) is 0 Å². The molecule has 0 bridgehead atoms. The Bertz CT molecular complexity index is 884. The number of fused-ring (bicyclic) bond motifs is 1. The molecule has 136 valence electrons. The molecule has 0 spiro atoms. The van der Waals surface area contributed by atoms with Crippen LogP contribution in [-0.2, 0) is 11.2 Å². The van der Waals surface area contributed by atoms with Crippen molar-refractivity contribution in [2.24, 2.45) is 0 Å². The second-order valence-electron chi connectivity index (χ2n) is 5.50. The summed E-state index contributed by atoms with van der Waals surface area (Å²) >= 11 is 7.49. The van der Waals surface area contributed by atoms with E-state index in [0.29, 0.717) is 24.9 Å². The number of aromatic nitrogens is 1. The van der Waals surface area contributed by atoms with E-state index in [0.717, 1.165) is 15.2 Å². The summed E-state index contributed by atoms with van der Waals surface area (Å²) < 4.78 is 29.8. The van der Waals surface area contributed by atoms with Crippen LogP contribution >= 0.6 is 22.9 Å². The van der Waals surface area contributed by atoms with Crippen LogP contribution in [0.5, 0.6) is 5.75 Å². The molecule has 0 saturated heterocycles. The average Bonchev–Trinajstić information content (AvgIpc) is 2.99. The maximum absolute atomic E-state index is 12.2. The average molecular weight is 397 g/mol. The van der Waals surface area contributed by atoms with E-state index in [1.54, 1.807) is 11.3 Å². The van der Waals surface area contributed by atoms with Gasteiger partial charge in [0, 0.05) is 12.1 Å². The first-order valence-electron chi connectivity index (χ1n) is 7.90. The lowest BCUT2D eigenvalue weighted by Gasteiger charge is -2.09. The highest BCUT2D eigenvalue weighted by Crippen LogP contribution is 2.29. The lowest BCUT2D eigenvalue weighted by atomic mass is 10.2. The van der Waals surface area contributed by atoms with E-state index in [1.165, 1.54) is 18.2 Å². The van der Waals surface area contributed by atoms with E-state index in [4.69, 9.17) is 11.6 Å². The molecule has 3 rings (SSSR count). The van der Waals surface area contributed by atoms with E-state index in [-0.39, 0.29) is 16.7 Å². The van der Waals surface area contributed by atoms with Crippen molar-refractivity contribution < 1.29 is 18.3 Å². The Hall–Kier alpha value is -2.25. The van der Waals surface area contributed by atoms with Crippen LogP contribution < -0.4 is 10.1 Å². The zero-order valence-corrected chi connectivity index (χ0v) is 15.1. The molecule has 0 saturated carbocycles. The summed E-state index contributed by atoms with van der Waals surface area (Å²) in [5.74, 6) is -0.305. The largest absolute Gasteiger partial charge is 0.433 e. The van der Waals surface area contributed by atoms with Gasteiger partial charge in [-0.05, 0) is 43.2 Å². The molecule has 0 fully saturated rings. The molecule has 26 heavy (non-hydrogen) atoms. The van der Waals surface area contributed by atoms with Crippen LogP contribution in [0.2, 0.25) is 5.02 Å². The van der Waals surface area contributed by atoms with Gasteiger partial charge >= 0.3 is 6.61 Å². The summed E-state index contributed by atoms with van der Waals surface area (Å²) in [7, 11) is 0. The number of nitrogens with one attached hydrogen (secondary N) is 1. The molecule has 4 nitrogen and oxygen atoms in total. The Balaban J connectivity index is 1.50. The summed E-state index contributed by atoms with van der Waals surface area (Å²) in [4.78, 5) is 16.6. The van der Waals surface area contributed by atoms with Crippen LogP contribution in [0.15, 0.2) is 42.5 Å². The van der Waals surface area contributed by atoms with Gasteiger partial charge in [-0.1, -0.05) is 23.7 Å². The van der Waals surface area contributed by atoms with Crippen LogP contribution in [-0.4, -0.2) is 17.5 Å². The highest BCUT2D eigenvalue weighted by atomic mass is 35.5. The first-order valence-corrected chi connectivity index (χ1v) is 9.09. The van der Waals surface area contributed by atoms with Crippen LogP contribution in [0.25, 0.3) is 10.2 Å².